The first-order valence-electron chi connectivity index (χ1n) is 6.60. The number of aliphatic hydroxyl groups is 1. The highest BCUT2D eigenvalue weighted by Crippen LogP contribution is 2.04. The second kappa shape index (κ2) is 12.4. The topological polar surface area (TPSA) is 111 Å². The average Bonchev–Trinajstić information content (AvgIpc) is 2.39. The average molecular weight is 283 g/mol. The number of rotatable bonds is 6. The highest BCUT2D eigenvalue weighted by atomic mass is 16.3. The molecule has 0 spiro atoms. The van der Waals surface area contributed by atoms with Gasteiger partial charge in [-0.3, -0.25) is 16.3 Å². The molecular formula is C14H29N5O. The first-order valence-corrected chi connectivity index (χ1v) is 6.60. The van der Waals surface area contributed by atoms with E-state index in [2.05, 4.69) is 26.0 Å². The Hall–Kier alpha value is -1.63. The van der Waals surface area contributed by atoms with Gasteiger partial charge in [-0.2, -0.15) is 5.53 Å². The monoisotopic (exact) mass is 283 g/mol. The Kier molecular flexibility index (Phi) is 12.8. The van der Waals surface area contributed by atoms with Gasteiger partial charge in [0.05, 0.1) is 12.6 Å². The number of hydrogen-bond acceptors (Lipinski definition) is 5. The predicted molar refractivity (Wildman–Crippen MR) is 85.6 cm³/mol. The van der Waals surface area contributed by atoms with E-state index in [1.165, 1.54) is 11.4 Å². The summed E-state index contributed by atoms with van der Waals surface area (Å²) < 4.78 is 0. The van der Waals surface area contributed by atoms with Gasteiger partial charge < -0.3 is 10.8 Å². The minimum atomic E-state index is -0.288. The summed E-state index contributed by atoms with van der Waals surface area (Å²) >= 11 is 0. The smallest absolute Gasteiger partial charge is 0.139 e. The molecule has 0 aromatic rings. The van der Waals surface area contributed by atoms with E-state index in [4.69, 9.17) is 22.1 Å². The quantitative estimate of drug-likeness (QED) is 0.166. The number of nitrogens with two attached hydrogens (primary N) is 2. The number of amidine groups is 1. The molecule has 1 atom stereocenters. The van der Waals surface area contributed by atoms with Crippen molar-refractivity contribution in [2.75, 3.05) is 6.61 Å². The van der Waals surface area contributed by atoms with Crippen LogP contribution in [0.15, 0.2) is 36.1 Å². The van der Waals surface area contributed by atoms with Crippen LogP contribution in [0, 0.1) is 5.41 Å². The largest absolute Gasteiger partial charge is 0.399 e. The van der Waals surface area contributed by atoms with Crippen LogP contribution in [0.4, 0.5) is 0 Å². The molecule has 0 amide bonds. The Balaban J connectivity index is 0. The number of nitrogens with one attached hydrogen (secondary N) is 2. The summed E-state index contributed by atoms with van der Waals surface area (Å²) in [5.41, 5.74) is 8.87. The van der Waals surface area contributed by atoms with Crippen LogP contribution >= 0.6 is 0 Å². The lowest BCUT2D eigenvalue weighted by molar-refractivity contribution is 0.154. The Morgan fingerprint density at radius 1 is 1.50 bits per heavy atom. The van der Waals surface area contributed by atoms with E-state index in [9.17, 15) is 0 Å². The Morgan fingerprint density at radius 2 is 2.00 bits per heavy atom. The summed E-state index contributed by atoms with van der Waals surface area (Å²) in [4.78, 5) is 0. The van der Waals surface area contributed by atoms with E-state index >= 15 is 0 Å². The molecule has 0 radical (unpaired) electrons. The van der Waals surface area contributed by atoms with Crippen LogP contribution in [0.25, 0.3) is 0 Å². The molecule has 0 saturated carbocycles. The van der Waals surface area contributed by atoms with Crippen molar-refractivity contribution < 1.29 is 5.11 Å². The fourth-order valence-corrected chi connectivity index (χ4v) is 1.08. The molecule has 0 aromatic heterocycles. The first-order chi connectivity index (χ1) is 9.35. The standard InChI is InChI=1S/C11H21N5O.C3H8/c1-8(5-4-6-9(2)12)11(13)16(15-14)10(3)7-17;1-3-2/h4-6,10,13,15,17H,2,7,12,14H2,1,3H3;3H2,1-2H3/b6-4-,8-5+,13-11?;. The van der Waals surface area contributed by atoms with E-state index in [1.54, 1.807) is 32.1 Å². The molecule has 6 heteroatoms. The molecule has 0 fully saturated rings. The Morgan fingerprint density at radius 3 is 2.35 bits per heavy atom. The highest BCUT2D eigenvalue weighted by molar-refractivity contribution is 5.95. The molecule has 0 aromatic carbocycles. The SMILES string of the molecule is C=C(N)/C=C\C=C(/C)C(=N)N(NN)C(C)CO.CCC. The van der Waals surface area contributed by atoms with Crippen molar-refractivity contribution in [2.24, 2.45) is 11.6 Å². The third-order valence-corrected chi connectivity index (χ3v) is 2.12. The number of hydrazine groups is 2. The van der Waals surface area contributed by atoms with Gasteiger partial charge in [-0.05, 0) is 25.5 Å². The van der Waals surface area contributed by atoms with Crippen LogP contribution in [-0.4, -0.2) is 28.6 Å². The van der Waals surface area contributed by atoms with E-state index in [-0.39, 0.29) is 18.5 Å². The maximum Gasteiger partial charge on any atom is 0.139 e. The third-order valence-electron chi connectivity index (χ3n) is 2.12. The summed E-state index contributed by atoms with van der Waals surface area (Å²) in [5.74, 6) is 5.49. The van der Waals surface area contributed by atoms with Crippen LogP contribution < -0.4 is 17.1 Å². The van der Waals surface area contributed by atoms with Crippen LogP contribution in [-0.2, 0) is 0 Å². The fourth-order valence-electron chi connectivity index (χ4n) is 1.08. The highest BCUT2D eigenvalue weighted by Gasteiger charge is 2.15. The fraction of sp³-hybridized carbons (Fsp3) is 0.500. The second-order valence-electron chi connectivity index (χ2n) is 4.37. The minimum absolute atomic E-state index is 0.102. The lowest BCUT2D eigenvalue weighted by atomic mass is 10.2. The zero-order chi connectivity index (χ0) is 16.1. The molecule has 1 unspecified atom stereocenters. The minimum Gasteiger partial charge on any atom is -0.399 e. The number of aliphatic hydroxyl groups excluding tert-OH is 1. The normalized spacial score (nSPS) is 12.6. The zero-order valence-corrected chi connectivity index (χ0v) is 13.0. The van der Waals surface area contributed by atoms with Gasteiger partial charge in [0.2, 0.25) is 0 Å². The molecule has 0 rings (SSSR count). The number of nitrogens with zero attached hydrogens (tertiary/aromatic N) is 1. The lowest BCUT2D eigenvalue weighted by Gasteiger charge is -2.28. The van der Waals surface area contributed by atoms with Crippen molar-refractivity contribution in [3.63, 3.8) is 0 Å². The molecule has 7 N–H and O–H groups in total. The van der Waals surface area contributed by atoms with Gasteiger partial charge in [0.25, 0.3) is 0 Å². The van der Waals surface area contributed by atoms with Gasteiger partial charge in [0, 0.05) is 5.70 Å². The van der Waals surface area contributed by atoms with Gasteiger partial charge in [-0.15, -0.1) is 0 Å². The lowest BCUT2D eigenvalue weighted by Crippen LogP contribution is -2.53. The van der Waals surface area contributed by atoms with E-state index < -0.39 is 0 Å². The molecule has 20 heavy (non-hydrogen) atoms. The van der Waals surface area contributed by atoms with Gasteiger partial charge in [-0.1, -0.05) is 39.0 Å². The Labute approximate surface area is 122 Å². The second-order valence-corrected chi connectivity index (χ2v) is 4.37. The van der Waals surface area contributed by atoms with Crippen LogP contribution in [0.1, 0.15) is 34.1 Å². The predicted octanol–water partition coefficient (Wildman–Crippen LogP) is 1.42. The molecule has 0 aliphatic carbocycles. The van der Waals surface area contributed by atoms with E-state index in [0.717, 1.165) is 0 Å². The third kappa shape index (κ3) is 9.32. The van der Waals surface area contributed by atoms with Crippen LogP contribution in [0.2, 0.25) is 0 Å². The first kappa shape index (κ1) is 20.7. The van der Waals surface area contributed by atoms with Crippen LogP contribution in [0.5, 0.6) is 0 Å². The number of allylic oxidation sites excluding steroid dienone is 3. The van der Waals surface area contributed by atoms with Gasteiger partial charge >= 0.3 is 0 Å². The summed E-state index contributed by atoms with van der Waals surface area (Å²) in [6.45, 7) is 11.2. The summed E-state index contributed by atoms with van der Waals surface area (Å²) in [7, 11) is 0. The van der Waals surface area contributed by atoms with Crippen LogP contribution in [0.3, 0.4) is 0 Å². The molecule has 0 aliphatic rings. The molecule has 116 valence electrons. The summed E-state index contributed by atoms with van der Waals surface area (Å²) in [6, 6.07) is -0.288. The zero-order valence-electron chi connectivity index (χ0n) is 13.0. The molecule has 0 heterocycles. The number of hydrogen-bond donors (Lipinski definition) is 5. The van der Waals surface area contributed by atoms with Crippen molar-refractivity contribution in [1.29, 1.82) is 5.41 Å². The van der Waals surface area contributed by atoms with Crippen molar-refractivity contribution in [2.45, 2.75) is 40.2 Å². The summed E-state index contributed by atoms with van der Waals surface area (Å²) in [6.07, 6.45) is 6.30. The van der Waals surface area contributed by atoms with Gasteiger partial charge in [0.1, 0.15) is 5.84 Å². The molecule has 0 aliphatic heterocycles. The summed E-state index contributed by atoms with van der Waals surface area (Å²) in [5, 5.41) is 18.3. The van der Waals surface area contributed by atoms with Crippen molar-refractivity contribution in [1.82, 2.24) is 10.5 Å². The molecule has 6 nitrogen and oxygen atoms in total. The Bertz CT molecular complexity index is 349. The van der Waals surface area contributed by atoms with E-state index in [1.807, 2.05) is 0 Å². The molecular weight excluding hydrogens is 254 g/mol. The van der Waals surface area contributed by atoms with Crippen molar-refractivity contribution in [3.8, 4) is 0 Å². The van der Waals surface area contributed by atoms with Gasteiger partial charge in [-0.25, -0.2) is 0 Å². The molecule has 0 saturated heterocycles. The van der Waals surface area contributed by atoms with Gasteiger partial charge in [0.15, 0.2) is 0 Å². The van der Waals surface area contributed by atoms with Crippen molar-refractivity contribution in [3.05, 3.63) is 36.1 Å². The molecule has 0 bridgehead atoms. The van der Waals surface area contributed by atoms with Crippen molar-refractivity contribution >= 4 is 5.84 Å². The maximum atomic E-state index is 9.02. The maximum absolute atomic E-state index is 9.02. The van der Waals surface area contributed by atoms with E-state index in [0.29, 0.717) is 11.3 Å².